The van der Waals surface area contributed by atoms with Crippen LogP contribution in [0.5, 0.6) is 17.2 Å². The molecule has 2 amide bonds. The van der Waals surface area contributed by atoms with E-state index in [1.807, 2.05) is 29.2 Å². The fraction of sp³-hybridized carbons (Fsp3) is 0.357. The predicted molar refractivity (Wildman–Crippen MR) is 136 cm³/mol. The largest absolute Gasteiger partial charge is 0.493 e. The average Bonchev–Trinajstić information content (AvgIpc) is 3.22. The Kier molecular flexibility index (Phi) is 7.15. The minimum Gasteiger partial charge on any atom is -0.493 e. The summed E-state index contributed by atoms with van der Waals surface area (Å²) < 4.78 is 16.4. The maximum Gasteiger partial charge on any atom is 0.227 e. The molecule has 1 fully saturated rings. The van der Waals surface area contributed by atoms with Crippen LogP contribution in [0.2, 0.25) is 0 Å². The van der Waals surface area contributed by atoms with Gasteiger partial charge in [-0.1, -0.05) is 37.3 Å². The maximum absolute atomic E-state index is 12.9. The Morgan fingerprint density at radius 2 is 1.54 bits per heavy atom. The molecule has 3 aromatic carbocycles. The minimum atomic E-state index is -0.0587. The van der Waals surface area contributed by atoms with Gasteiger partial charge in [-0.05, 0) is 51.6 Å². The molecule has 7 nitrogen and oxygen atoms in total. The molecule has 4 rings (SSSR count). The summed E-state index contributed by atoms with van der Waals surface area (Å²) in [5.74, 6) is 2.04. The van der Waals surface area contributed by atoms with Gasteiger partial charge in [-0.3, -0.25) is 9.59 Å². The Morgan fingerprint density at radius 1 is 0.886 bits per heavy atom. The van der Waals surface area contributed by atoms with Gasteiger partial charge in [0.15, 0.2) is 11.5 Å². The summed E-state index contributed by atoms with van der Waals surface area (Å²) in [4.78, 5) is 26.2. The lowest BCUT2D eigenvalue weighted by molar-refractivity contribution is -0.129. The summed E-state index contributed by atoms with van der Waals surface area (Å²) in [5, 5.41) is 5.09. The number of likely N-dealkylation sites (tertiary alicyclic amines) is 1. The molecule has 1 heterocycles. The molecule has 0 bridgehead atoms. The fourth-order valence-corrected chi connectivity index (χ4v) is 4.74. The summed E-state index contributed by atoms with van der Waals surface area (Å²) in [6.07, 6.45) is 0.337. The number of hydrogen-bond acceptors (Lipinski definition) is 5. The zero-order valence-electron chi connectivity index (χ0n) is 20.9. The lowest BCUT2D eigenvalue weighted by atomic mass is 9.98. The van der Waals surface area contributed by atoms with Crippen molar-refractivity contribution in [2.24, 2.45) is 5.92 Å². The molecule has 2 atom stereocenters. The van der Waals surface area contributed by atoms with E-state index in [4.69, 9.17) is 14.2 Å². The monoisotopic (exact) mass is 476 g/mol. The Hall–Kier alpha value is -3.74. The van der Waals surface area contributed by atoms with Crippen molar-refractivity contribution < 1.29 is 23.8 Å². The van der Waals surface area contributed by atoms with Gasteiger partial charge in [0, 0.05) is 20.0 Å². The van der Waals surface area contributed by atoms with Crippen LogP contribution in [0.15, 0.2) is 48.5 Å². The maximum atomic E-state index is 12.9. The minimum absolute atomic E-state index is 0.0154. The molecule has 0 spiro atoms. The third-order valence-electron chi connectivity index (χ3n) is 6.61. The summed E-state index contributed by atoms with van der Waals surface area (Å²) in [6, 6.07) is 16.2. The number of rotatable bonds is 7. The van der Waals surface area contributed by atoms with E-state index in [9.17, 15) is 9.59 Å². The first-order chi connectivity index (χ1) is 16.8. The van der Waals surface area contributed by atoms with E-state index in [1.54, 1.807) is 21.3 Å². The summed E-state index contributed by atoms with van der Waals surface area (Å²) >= 11 is 0. The quantitative estimate of drug-likeness (QED) is 0.557. The van der Waals surface area contributed by atoms with Crippen molar-refractivity contribution in [1.29, 1.82) is 0 Å². The molecule has 1 aliphatic heterocycles. The number of nitrogens with one attached hydrogen (secondary N) is 1. The van der Waals surface area contributed by atoms with Crippen LogP contribution >= 0.6 is 0 Å². The first kappa shape index (κ1) is 24.4. The summed E-state index contributed by atoms with van der Waals surface area (Å²) in [5.41, 5.74) is 2.95. The van der Waals surface area contributed by atoms with Gasteiger partial charge in [0.1, 0.15) is 0 Å². The highest BCUT2D eigenvalue weighted by Crippen LogP contribution is 2.41. The SMILES string of the molecule is COc1cc(-c2ccc3cc(CC(=O)N4CC(C)C(NC(C)=O)C4)ccc3c2)cc(OC)c1OC. The Bertz CT molecular complexity index is 1230. The van der Waals surface area contributed by atoms with Gasteiger partial charge >= 0.3 is 0 Å². The molecule has 0 saturated carbocycles. The molecular formula is C28H32N2O5. The van der Waals surface area contributed by atoms with Gasteiger partial charge in [-0.2, -0.15) is 0 Å². The highest BCUT2D eigenvalue weighted by atomic mass is 16.5. The van der Waals surface area contributed by atoms with Crippen LogP contribution < -0.4 is 19.5 Å². The van der Waals surface area contributed by atoms with Crippen LogP contribution in [0.25, 0.3) is 21.9 Å². The summed E-state index contributed by atoms with van der Waals surface area (Å²) in [6.45, 7) is 4.80. The Labute approximate surface area is 206 Å². The number of amides is 2. The van der Waals surface area contributed by atoms with Crippen LogP contribution in [0.3, 0.4) is 0 Å². The first-order valence-corrected chi connectivity index (χ1v) is 11.7. The molecule has 7 heteroatoms. The fourth-order valence-electron chi connectivity index (χ4n) is 4.74. The van der Waals surface area contributed by atoms with Crippen LogP contribution in [0.4, 0.5) is 0 Å². The second-order valence-electron chi connectivity index (χ2n) is 9.07. The molecule has 3 aromatic rings. The Morgan fingerprint density at radius 3 is 2.17 bits per heavy atom. The first-order valence-electron chi connectivity index (χ1n) is 11.7. The third kappa shape index (κ3) is 5.19. The molecule has 0 aromatic heterocycles. The number of carbonyl (C=O) groups is 2. The van der Waals surface area contributed by atoms with E-state index >= 15 is 0 Å². The highest BCUT2D eigenvalue weighted by Gasteiger charge is 2.32. The molecule has 0 aliphatic carbocycles. The van der Waals surface area contributed by atoms with Crippen molar-refractivity contribution in [3.63, 3.8) is 0 Å². The van der Waals surface area contributed by atoms with Gasteiger partial charge in [-0.25, -0.2) is 0 Å². The number of ether oxygens (including phenoxy) is 3. The van der Waals surface area contributed by atoms with E-state index in [2.05, 4.69) is 36.5 Å². The van der Waals surface area contributed by atoms with Crippen molar-refractivity contribution >= 4 is 22.6 Å². The summed E-state index contributed by atoms with van der Waals surface area (Å²) in [7, 11) is 4.80. The van der Waals surface area contributed by atoms with Crippen molar-refractivity contribution in [2.75, 3.05) is 34.4 Å². The highest BCUT2D eigenvalue weighted by molar-refractivity contribution is 5.89. The second-order valence-corrected chi connectivity index (χ2v) is 9.07. The van der Waals surface area contributed by atoms with E-state index < -0.39 is 0 Å². The van der Waals surface area contributed by atoms with Crippen LogP contribution in [0.1, 0.15) is 19.4 Å². The number of fused-ring (bicyclic) bond motifs is 1. The standard InChI is InChI=1S/C28H32N2O5/c1-17-15-30(16-24(17)29-18(2)31)27(32)11-19-6-7-21-12-22(9-8-20(21)10-19)23-13-25(33-3)28(35-5)26(14-23)34-4/h6-10,12-14,17,24H,11,15-16H2,1-5H3,(H,29,31). The lowest BCUT2D eigenvalue weighted by Gasteiger charge is -2.17. The van der Waals surface area contributed by atoms with Gasteiger partial charge in [0.05, 0.1) is 33.8 Å². The van der Waals surface area contributed by atoms with Crippen LogP contribution in [-0.4, -0.2) is 57.2 Å². The zero-order chi connectivity index (χ0) is 25.1. The molecule has 1 N–H and O–H groups in total. The van der Waals surface area contributed by atoms with Crippen LogP contribution in [0, 0.1) is 5.92 Å². The predicted octanol–water partition coefficient (Wildman–Crippen LogP) is 4.06. The third-order valence-corrected chi connectivity index (χ3v) is 6.61. The molecule has 35 heavy (non-hydrogen) atoms. The molecule has 2 unspecified atom stereocenters. The van der Waals surface area contributed by atoms with Gasteiger partial charge in [0.2, 0.25) is 17.6 Å². The number of carbonyl (C=O) groups excluding carboxylic acids is 2. The number of nitrogens with zero attached hydrogens (tertiary/aromatic N) is 1. The van der Waals surface area contributed by atoms with E-state index in [0.717, 1.165) is 27.5 Å². The number of hydrogen-bond donors (Lipinski definition) is 1. The number of benzene rings is 3. The lowest BCUT2D eigenvalue weighted by Crippen LogP contribution is -2.39. The smallest absolute Gasteiger partial charge is 0.227 e. The average molecular weight is 477 g/mol. The van der Waals surface area contributed by atoms with Gasteiger partial charge < -0.3 is 24.4 Å². The van der Waals surface area contributed by atoms with Crippen molar-refractivity contribution in [3.8, 4) is 28.4 Å². The van der Waals surface area contributed by atoms with Crippen molar-refractivity contribution in [1.82, 2.24) is 10.2 Å². The van der Waals surface area contributed by atoms with Crippen LogP contribution in [-0.2, 0) is 16.0 Å². The van der Waals surface area contributed by atoms with Gasteiger partial charge in [-0.15, -0.1) is 0 Å². The van der Waals surface area contributed by atoms with Crippen molar-refractivity contribution in [3.05, 3.63) is 54.1 Å². The van der Waals surface area contributed by atoms with E-state index in [-0.39, 0.29) is 23.8 Å². The molecule has 0 radical (unpaired) electrons. The van der Waals surface area contributed by atoms with E-state index in [1.165, 1.54) is 6.92 Å². The Balaban J connectivity index is 1.53. The van der Waals surface area contributed by atoms with E-state index in [0.29, 0.717) is 36.8 Å². The topological polar surface area (TPSA) is 77.1 Å². The number of methoxy groups -OCH3 is 3. The molecule has 1 aliphatic rings. The normalized spacial score (nSPS) is 17.3. The zero-order valence-corrected chi connectivity index (χ0v) is 20.9. The molecule has 1 saturated heterocycles. The van der Waals surface area contributed by atoms with Gasteiger partial charge in [0.25, 0.3) is 0 Å². The molecule has 184 valence electrons. The molecular weight excluding hydrogens is 444 g/mol. The second kappa shape index (κ2) is 10.3. The van der Waals surface area contributed by atoms with Crippen molar-refractivity contribution in [2.45, 2.75) is 26.3 Å².